The second-order valence-electron chi connectivity index (χ2n) is 5.70. The first-order valence-corrected chi connectivity index (χ1v) is 9.30. The smallest absolute Gasteiger partial charge is 0.288 e. The summed E-state index contributed by atoms with van der Waals surface area (Å²) in [5.41, 5.74) is 1.65. The number of hydrogen-bond donors (Lipinski definition) is 0. The molecular weight excluding hydrogens is 409 g/mol. The molecule has 1 amide bonds. The fourth-order valence-corrected chi connectivity index (χ4v) is 3.92. The zero-order valence-electron chi connectivity index (χ0n) is 14.3. The molecule has 0 N–H and O–H groups in total. The molecule has 0 spiro atoms. The summed E-state index contributed by atoms with van der Waals surface area (Å²) in [5.74, 6) is -0.575. The van der Waals surface area contributed by atoms with Crippen molar-refractivity contribution in [3.8, 4) is 11.3 Å². The van der Waals surface area contributed by atoms with Gasteiger partial charge >= 0.3 is 0 Å². The number of thiazole rings is 1. The summed E-state index contributed by atoms with van der Waals surface area (Å²) in [7, 11) is 1.81. The lowest BCUT2D eigenvalue weighted by Gasteiger charge is -2.04. The molecule has 3 rings (SSSR count). The van der Waals surface area contributed by atoms with Crippen LogP contribution in [0.5, 0.6) is 0 Å². The number of nitro benzene ring substituents is 1. The molecule has 0 fully saturated rings. The van der Waals surface area contributed by atoms with Gasteiger partial charge in [-0.15, -0.1) is 11.3 Å². The van der Waals surface area contributed by atoms with Crippen molar-refractivity contribution in [3.05, 3.63) is 77.9 Å². The number of halogens is 2. The Bertz CT molecular complexity index is 1120. The number of carbonyl (C=O) groups is 1. The molecule has 0 radical (unpaired) electrons. The van der Waals surface area contributed by atoms with E-state index in [1.54, 1.807) is 12.1 Å². The van der Waals surface area contributed by atoms with E-state index >= 15 is 0 Å². The molecule has 27 heavy (non-hydrogen) atoms. The first-order valence-electron chi connectivity index (χ1n) is 7.73. The Kier molecular flexibility index (Phi) is 5.46. The predicted octanol–water partition coefficient (Wildman–Crippen LogP) is 5.02. The van der Waals surface area contributed by atoms with Gasteiger partial charge in [0.25, 0.3) is 11.6 Å². The molecule has 9 heteroatoms. The van der Waals surface area contributed by atoms with Crippen LogP contribution in [0.3, 0.4) is 0 Å². The SMILES string of the molecule is Cc1sc(=NC(=O)c2ccc(Cl)c([N+](=O)[O-])c2)n(C)c1-c1ccc(Cl)cc1. The van der Waals surface area contributed by atoms with Gasteiger partial charge in [-0.2, -0.15) is 4.99 Å². The van der Waals surface area contributed by atoms with Crippen LogP contribution < -0.4 is 4.80 Å². The van der Waals surface area contributed by atoms with Crippen LogP contribution >= 0.6 is 34.5 Å². The Labute approximate surface area is 168 Å². The van der Waals surface area contributed by atoms with Crippen molar-refractivity contribution in [1.29, 1.82) is 0 Å². The first-order chi connectivity index (χ1) is 12.8. The molecule has 138 valence electrons. The van der Waals surface area contributed by atoms with E-state index in [1.807, 2.05) is 30.7 Å². The molecule has 0 aliphatic heterocycles. The monoisotopic (exact) mass is 421 g/mol. The van der Waals surface area contributed by atoms with Crippen LogP contribution in [0.15, 0.2) is 47.5 Å². The molecule has 6 nitrogen and oxygen atoms in total. The van der Waals surface area contributed by atoms with Crippen LogP contribution in [0.4, 0.5) is 5.69 Å². The fraction of sp³-hybridized carbons (Fsp3) is 0.111. The van der Waals surface area contributed by atoms with E-state index < -0.39 is 10.8 Å². The quantitative estimate of drug-likeness (QED) is 0.439. The van der Waals surface area contributed by atoms with Gasteiger partial charge in [-0.05, 0) is 36.8 Å². The molecule has 0 bridgehead atoms. The molecule has 0 saturated carbocycles. The number of carbonyl (C=O) groups excluding carboxylic acids is 1. The minimum absolute atomic E-state index is 0.0286. The highest BCUT2D eigenvalue weighted by molar-refractivity contribution is 7.09. The number of nitro groups is 1. The average Bonchev–Trinajstić information content (AvgIpc) is 2.89. The second kappa shape index (κ2) is 7.64. The Balaban J connectivity index is 2.04. The lowest BCUT2D eigenvalue weighted by Crippen LogP contribution is -2.14. The third kappa shape index (κ3) is 3.95. The molecule has 0 aliphatic carbocycles. The lowest BCUT2D eigenvalue weighted by atomic mass is 10.1. The molecule has 2 aromatic carbocycles. The standard InChI is InChI=1S/C18H13Cl2N3O3S/c1-10-16(11-3-6-13(19)7-4-11)22(2)18(27-10)21-17(24)12-5-8-14(20)15(9-12)23(25)26/h3-9H,1-2H3. The van der Waals surface area contributed by atoms with Gasteiger partial charge in [0.15, 0.2) is 4.80 Å². The maximum absolute atomic E-state index is 12.5. The van der Waals surface area contributed by atoms with Gasteiger partial charge in [-0.25, -0.2) is 0 Å². The number of nitrogens with zero attached hydrogens (tertiary/aromatic N) is 3. The molecule has 0 atom stereocenters. The van der Waals surface area contributed by atoms with E-state index in [2.05, 4.69) is 4.99 Å². The summed E-state index contributed by atoms with van der Waals surface area (Å²) < 4.78 is 1.81. The summed E-state index contributed by atoms with van der Waals surface area (Å²) in [6.07, 6.45) is 0. The Morgan fingerprint density at radius 2 is 1.85 bits per heavy atom. The first kappa shape index (κ1) is 19.3. The molecule has 0 unspecified atom stereocenters. The van der Waals surface area contributed by atoms with Gasteiger partial charge < -0.3 is 4.57 Å². The van der Waals surface area contributed by atoms with Crippen LogP contribution in [0.2, 0.25) is 10.0 Å². The van der Waals surface area contributed by atoms with E-state index in [9.17, 15) is 14.9 Å². The fourth-order valence-electron chi connectivity index (χ4n) is 2.63. The Hall–Kier alpha value is -2.48. The molecule has 1 aromatic heterocycles. The molecule has 0 saturated heterocycles. The van der Waals surface area contributed by atoms with Gasteiger partial charge in [-0.1, -0.05) is 35.3 Å². The van der Waals surface area contributed by atoms with Gasteiger partial charge in [0, 0.05) is 28.6 Å². The van der Waals surface area contributed by atoms with Crippen molar-refractivity contribution in [2.45, 2.75) is 6.92 Å². The van der Waals surface area contributed by atoms with Crippen LogP contribution in [0.25, 0.3) is 11.3 Å². The van der Waals surface area contributed by atoms with Crippen LogP contribution in [0, 0.1) is 17.0 Å². The number of benzene rings is 2. The zero-order chi connectivity index (χ0) is 19.7. The maximum atomic E-state index is 12.5. The zero-order valence-corrected chi connectivity index (χ0v) is 16.6. The molecular formula is C18H13Cl2N3O3S. The van der Waals surface area contributed by atoms with Gasteiger partial charge in [0.1, 0.15) is 5.02 Å². The molecule has 0 aliphatic rings. The van der Waals surface area contributed by atoms with Gasteiger partial charge in [-0.3, -0.25) is 14.9 Å². The Morgan fingerprint density at radius 1 is 1.19 bits per heavy atom. The van der Waals surface area contributed by atoms with Crippen molar-refractivity contribution in [3.63, 3.8) is 0 Å². The molecule has 1 heterocycles. The van der Waals surface area contributed by atoms with Crippen molar-refractivity contribution < 1.29 is 9.72 Å². The highest BCUT2D eigenvalue weighted by atomic mass is 35.5. The van der Waals surface area contributed by atoms with E-state index in [4.69, 9.17) is 23.2 Å². The predicted molar refractivity (Wildman–Crippen MR) is 106 cm³/mol. The summed E-state index contributed by atoms with van der Waals surface area (Å²) in [6.45, 7) is 1.94. The number of rotatable bonds is 3. The van der Waals surface area contributed by atoms with Crippen molar-refractivity contribution in [1.82, 2.24) is 4.57 Å². The van der Waals surface area contributed by atoms with E-state index in [0.29, 0.717) is 9.82 Å². The summed E-state index contributed by atoms with van der Waals surface area (Å²) >= 11 is 13.1. The van der Waals surface area contributed by atoms with E-state index in [0.717, 1.165) is 22.2 Å². The van der Waals surface area contributed by atoms with Gasteiger partial charge in [0.05, 0.1) is 10.6 Å². The van der Waals surface area contributed by atoms with Crippen LogP contribution in [0.1, 0.15) is 15.2 Å². The van der Waals surface area contributed by atoms with Crippen LogP contribution in [-0.2, 0) is 7.05 Å². The summed E-state index contributed by atoms with van der Waals surface area (Å²) in [5, 5.41) is 11.6. The number of aryl methyl sites for hydroxylation is 1. The van der Waals surface area contributed by atoms with Crippen molar-refractivity contribution in [2.75, 3.05) is 0 Å². The van der Waals surface area contributed by atoms with Crippen LogP contribution in [-0.4, -0.2) is 15.4 Å². The number of amides is 1. The third-order valence-electron chi connectivity index (χ3n) is 3.90. The van der Waals surface area contributed by atoms with E-state index in [1.165, 1.54) is 23.5 Å². The molecule has 3 aromatic rings. The number of aromatic nitrogens is 1. The minimum Gasteiger partial charge on any atom is -0.319 e. The Morgan fingerprint density at radius 3 is 2.48 bits per heavy atom. The highest BCUT2D eigenvalue weighted by Crippen LogP contribution is 2.27. The normalized spacial score (nSPS) is 11.6. The second-order valence-corrected chi connectivity index (χ2v) is 7.72. The number of hydrogen-bond acceptors (Lipinski definition) is 4. The third-order valence-corrected chi connectivity index (χ3v) is 5.52. The lowest BCUT2D eigenvalue weighted by molar-refractivity contribution is -0.384. The van der Waals surface area contributed by atoms with Gasteiger partial charge in [0.2, 0.25) is 0 Å². The summed E-state index contributed by atoms with van der Waals surface area (Å²) in [4.78, 5) is 28.5. The van der Waals surface area contributed by atoms with E-state index in [-0.39, 0.29) is 16.3 Å². The summed E-state index contributed by atoms with van der Waals surface area (Å²) in [6, 6.07) is 11.3. The average molecular weight is 422 g/mol. The maximum Gasteiger partial charge on any atom is 0.288 e. The highest BCUT2D eigenvalue weighted by Gasteiger charge is 2.17. The largest absolute Gasteiger partial charge is 0.319 e. The van der Waals surface area contributed by atoms with Crippen molar-refractivity contribution in [2.24, 2.45) is 12.0 Å². The topological polar surface area (TPSA) is 77.5 Å². The van der Waals surface area contributed by atoms with Crippen molar-refractivity contribution >= 4 is 46.1 Å². The minimum atomic E-state index is -0.632.